The van der Waals surface area contributed by atoms with Crippen molar-refractivity contribution in [3.05, 3.63) is 71.0 Å². The molecule has 0 unspecified atom stereocenters. The predicted octanol–water partition coefficient (Wildman–Crippen LogP) is 3.82. The fourth-order valence-corrected chi connectivity index (χ4v) is 3.36. The third kappa shape index (κ3) is 3.69. The fourth-order valence-electron chi connectivity index (χ4n) is 3.36. The van der Waals surface area contributed by atoms with Gasteiger partial charge < -0.3 is 10.5 Å². The minimum absolute atomic E-state index is 0. The number of fused-ring (bicyclic) bond motifs is 1. The molecule has 1 amide bonds. The lowest BCUT2D eigenvalue weighted by atomic mass is 9.88. The van der Waals surface area contributed by atoms with Gasteiger partial charge in [-0.1, -0.05) is 36.4 Å². The minimum atomic E-state index is -0.361. The molecule has 0 aromatic heterocycles. The molecule has 2 aliphatic rings. The number of rotatable bonds is 3. The van der Waals surface area contributed by atoms with Crippen LogP contribution in [0.25, 0.3) is 0 Å². The topological polar surface area (TPSA) is 55.6 Å². The number of amides is 1. The molecule has 138 valence electrons. The normalized spacial score (nSPS) is 19.9. The van der Waals surface area contributed by atoms with Gasteiger partial charge in [-0.15, -0.1) is 12.4 Å². The Morgan fingerprint density at radius 2 is 1.88 bits per heavy atom. The van der Waals surface area contributed by atoms with E-state index in [4.69, 9.17) is 10.5 Å². The highest BCUT2D eigenvalue weighted by molar-refractivity contribution is 5.85. The van der Waals surface area contributed by atoms with Gasteiger partial charge in [0.2, 0.25) is 0 Å². The number of benzene rings is 2. The molecule has 1 saturated carbocycles. The molecule has 0 saturated heterocycles. The van der Waals surface area contributed by atoms with Gasteiger partial charge >= 0.3 is 6.09 Å². The number of nitrogens with zero attached hydrogens (tertiary/aromatic N) is 1. The fraction of sp³-hybridized carbons (Fsp3) is 0.350. The summed E-state index contributed by atoms with van der Waals surface area (Å²) in [6.45, 7) is 0.815. The van der Waals surface area contributed by atoms with Crippen LogP contribution in [0.1, 0.15) is 35.6 Å². The summed E-state index contributed by atoms with van der Waals surface area (Å²) in [7, 11) is 0. The van der Waals surface area contributed by atoms with Gasteiger partial charge in [0.25, 0.3) is 0 Å². The Morgan fingerprint density at radius 1 is 1.19 bits per heavy atom. The Morgan fingerprint density at radius 3 is 2.58 bits per heavy atom. The van der Waals surface area contributed by atoms with Crippen LogP contribution in [-0.2, 0) is 11.2 Å². The van der Waals surface area contributed by atoms with Crippen molar-refractivity contribution in [1.82, 2.24) is 4.90 Å². The molecule has 0 radical (unpaired) electrons. The molecule has 0 spiro atoms. The van der Waals surface area contributed by atoms with Crippen LogP contribution in [0, 0.1) is 5.82 Å². The summed E-state index contributed by atoms with van der Waals surface area (Å²) in [5.41, 5.74) is 8.83. The van der Waals surface area contributed by atoms with Gasteiger partial charge in [-0.05, 0) is 48.1 Å². The number of carbonyl (C=O) groups excluding carboxylic acids is 1. The lowest BCUT2D eigenvalue weighted by Crippen LogP contribution is -2.42. The molecule has 1 fully saturated rings. The first kappa shape index (κ1) is 18.7. The quantitative estimate of drug-likeness (QED) is 0.885. The van der Waals surface area contributed by atoms with E-state index in [0.717, 1.165) is 30.4 Å². The molecule has 26 heavy (non-hydrogen) atoms. The van der Waals surface area contributed by atoms with E-state index in [2.05, 4.69) is 6.07 Å². The first-order valence-corrected chi connectivity index (χ1v) is 8.61. The third-order valence-electron chi connectivity index (χ3n) is 5.08. The number of ether oxygens (including phenoxy) is 1. The molecular formula is C20H22ClFN2O2. The zero-order chi connectivity index (χ0) is 17.4. The Bertz CT molecular complexity index is 793. The highest BCUT2D eigenvalue weighted by atomic mass is 35.5. The maximum Gasteiger partial charge on any atom is 0.410 e. The first-order valence-electron chi connectivity index (χ1n) is 8.61. The van der Waals surface area contributed by atoms with Crippen molar-refractivity contribution in [2.45, 2.75) is 30.8 Å². The van der Waals surface area contributed by atoms with Crippen LogP contribution < -0.4 is 5.73 Å². The zero-order valence-corrected chi connectivity index (χ0v) is 15.2. The van der Waals surface area contributed by atoms with E-state index >= 15 is 0 Å². The van der Waals surface area contributed by atoms with Crippen molar-refractivity contribution in [1.29, 1.82) is 0 Å². The van der Waals surface area contributed by atoms with E-state index in [1.54, 1.807) is 17.0 Å². The van der Waals surface area contributed by atoms with E-state index in [0.29, 0.717) is 6.54 Å². The summed E-state index contributed by atoms with van der Waals surface area (Å²) in [6, 6.07) is 14.1. The van der Waals surface area contributed by atoms with E-state index in [9.17, 15) is 9.18 Å². The monoisotopic (exact) mass is 376 g/mol. The van der Waals surface area contributed by atoms with Crippen LogP contribution >= 0.6 is 12.4 Å². The van der Waals surface area contributed by atoms with Crippen LogP contribution in [-0.4, -0.2) is 29.7 Å². The summed E-state index contributed by atoms with van der Waals surface area (Å²) in [4.78, 5) is 14.4. The predicted molar refractivity (Wildman–Crippen MR) is 99.8 cm³/mol. The molecule has 4 nitrogen and oxygen atoms in total. The van der Waals surface area contributed by atoms with Gasteiger partial charge in [-0.25, -0.2) is 9.18 Å². The summed E-state index contributed by atoms with van der Waals surface area (Å²) in [5.74, 6) is -0.291. The molecule has 2 N–H and O–H groups in total. The van der Waals surface area contributed by atoms with Gasteiger partial charge in [0.1, 0.15) is 12.4 Å². The van der Waals surface area contributed by atoms with Crippen molar-refractivity contribution in [3.8, 4) is 0 Å². The second kappa shape index (κ2) is 7.25. The summed E-state index contributed by atoms with van der Waals surface area (Å²) >= 11 is 0. The molecule has 2 aromatic rings. The minimum Gasteiger partial charge on any atom is -0.447 e. The van der Waals surface area contributed by atoms with Crippen molar-refractivity contribution in [2.24, 2.45) is 5.73 Å². The van der Waals surface area contributed by atoms with Crippen molar-refractivity contribution in [3.63, 3.8) is 0 Å². The Balaban J connectivity index is 0.00000196. The van der Waals surface area contributed by atoms with E-state index in [1.165, 1.54) is 17.7 Å². The van der Waals surface area contributed by atoms with Crippen molar-refractivity contribution < 1.29 is 13.9 Å². The van der Waals surface area contributed by atoms with E-state index in [1.807, 2.05) is 18.2 Å². The second-order valence-corrected chi connectivity index (χ2v) is 7.01. The standard InChI is InChI=1S/C20H21FN2O2.ClH/c21-16-7-5-15(6-8-16)18-17-4-2-1-3-14(17)9-12-23(18)19(24)25-13-20(22)10-11-20;/h1-8,18H,9-13,22H2;1H/t18-;/m0./s1. The number of halogens is 2. The number of carbonyl (C=O) groups is 1. The lowest BCUT2D eigenvalue weighted by molar-refractivity contribution is 0.0822. The maximum absolute atomic E-state index is 13.3. The molecule has 1 atom stereocenters. The van der Waals surface area contributed by atoms with Crippen molar-refractivity contribution >= 4 is 18.5 Å². The van der Waals surface area contributed by atoms with Crippen LogP contribution in [0.4, 0.5) is 9.18 Å². The summed E-state index contributed by atoms with van der Waals surface area (Å²) < 4.78 is 18.8. The molecule has 6 heteroatoms. The van der Waals surface area contributed by atoms with Crippen LogP contribution in [0.5, 0.6) is 0 Å². The smallest absolute Gasteiger partial charge is 0.410 e. The molecule has 2 aromatic carbocycles. The highest BCUT2D eigenvalue weighted by Crippen LogP contribution is 2.36. The van der Waals surface area contributed by atoms with Gasteiger partial charge in [0.05, 0.1) is 11.6 Å². The molecular weight excluding hydrogens is 355 g/mol. The van der Waals surface area contributed by atoms with Crippen LogP contribution in [0.3, 0.4) is 0 Å². The molecule has 1 aliphatic heterocycles. The molecule has 1 heterocycles. The Hall–Kier alpha value is -2.11. The molecule has 1 aliphatic carbocycles. The Labute approximate surface area is 158 Å². The Kier molecular flexibility index (Phi) is 5.21. The van der Waals surface area contributed by atoms with Gasteiger partial charge in [0.15, 0.2) is 0 Å². The average Bonchev–Trinajstić information content (AvgIpc) is 3.37. The van der Waals surface area contributed by atoms with Crippen molar-refractivity contribution in [2.75, 3.05) is 13.2 Å². The summed E-state index contributed by atoms with van der Waals surface area (Å²) in [6.07, 6.45) is 2.20. The summed E-state index contributed by atoms with van der Waals surface area (Å²) in [5, 5.41) is 0. The van der Waals surface area contributed by atoms with Crippen LogP contribution in [0.2, 0.25) is 0 Å². The maximum atomic E-state index is 13.3. The molecule has 4 rings (SSSR count). The lowest BCUT2D eigenvalue weighted by Gasteiger charge is -2.37. The number of nitrogens with two attached hydrogens (primary N) is 1. The largest absolute Gasteiger partial charge is 0.447 e. The van der Waals surface area contributed by atoms with E-state index in [-0.39, 0.29) is 42.5 Å². The zero-order valence-electron chi connectivity index (χ0n) is 14.4. The van der Waals surface area contributed by atoms with Gasteiger partial charge in [-0.2, -0.15) is 0 Å². The SMILES string of the molecule is Cl.NC1(COC(=O)N2CCc3ccccc3[C@@H]2c2ccc(F)cc2)CC1. The number of hydrogen-bond donors (Lipinski definition) is 1. The van der Waals surface area contributed by atoms with Crippen LogP contribution in [0.15, 0.2) is 48.5 Å². The van der Waals surface area contributed by atoms with Gasteiger partial charge in [0, 0.05) is 6.54 Å². The average molecular weight is 377 g/mol. The second-order valence-electron chi connectivity index (χ2n) is 7.01. The van der Waals surface area contributed by atoms with Gasteiger partial charge in [-0.3, -0.25) is 4.90 Å². The first-order chi connectivity index (χ1) is 12.1. The number of hydrogen-bond acceptors (Lipinski definition) is 3. The molecule has 0 bridgehead atoms. The van der Waals surface area contributed by atoms with E-state index < -0.39 is 0 Å². The third-order valence-corrected chi connectivity index (χ3v) is 5.08. The highest BCUT2D eigenvalue weighted by Gasteiger charge is 2.41.